The van der Waals surface area contributed by atoms with E-state index in [1.54, 1.807) is 17.6 Å². The van der Waals surface area contributed by atoms with Crippen LogP contribution in [0.3, 0.4) is 0 Å². The largest absolute Gasteiger partial charge is 0.469 e. The van der Waals surface area contributed by atoms with Gasteiger partial charge in [-0.25, -0.2) is 4.98 Å². The summed E-state index contributed by atoms with van der Waals surface area (Å²) in [6.07, 6.45) is 3.64. The van der Waals surface area contributed by atoms with Crippen molar-refractivity contribution in [2.75, 3.05) is 0 Å². The molecule has 0 saturated heterocycles. The lowest BCUT2D eigenvalue weighted by molar-refractivity contribution is 0.426. The lowest BCUT2D eigenvalue weighted by Gasteiger charge is -2.19. The Bertz CT molecular complexity index is 493. The van der Waals surface area contributed by atoms with Crippen LogP contribution in [0.4, 0.5) is 0 Å². The first-order chi connectivity index (χ1) is 7.96. The third-order valence-electron chi connectivity index (χ3n) is 2.44. The van der Waals surface area contributed by atoms with Crippen molar-refractivity contribution in [3.05, 3.63) is 29.2 Å². The Labute approximate surface area is 106 Å². The lowest BCUT2D eigenvalue weighted by atomic mass is 10.1. The highest BCUT2D eigenvalue weighted by atomic mass is 32.1. The Morgan fingerprint density at radius 3 is 2.76 bits per heavy atom. The maximum atomic E-state index is 5.29. The van der Waals surface area contributed by atoms with Gasteiger partial charge in [0.15, 0.2) is 0 Å². The van der Waals surface area contributed by atoms with Crippen molar-refractivity contribution >= 4 is 11.3 Å². The smallest absolute Gasteiger partial charge is 0.127 e. The standard InChI is InChI=1S/C13H18N2OS/c1-9-11(5-6-16-9)12-14-7-10(17-12)8-15-13(2,3)4/h5-7,15H,8H2,1-4H3. The lowest BCUT2D eigenvalue weighted by Crippen LogP contribution is -2.34. The van der Waals surface area contributed by atoms with Crippen molar-refractivity contribution in [3.8, 4) is 10.6 Å². The molecule has 0 unspecified atom stereocenters. The molecule has 0 aliphatic rings. The van der Waals surface area contributed by atoms with E-state index in [0.717, 1.165) is 22.9 Å². The van der Waals surface area contributed by atoms with Gasteiger partial charge >= 0.3 is 0 Å². The maximum Gasteiger partial charge on any atom is 0.127 e. The van der Waals surface area contributed by atoms with Gasteiger partial charge in [-0.3, -0.25) is 0 Å². The second-order valence-electron chi connectivity index (χ2n) is 5.13. The average Bonchev–Trinajstić information content (AvgIpc) is 2.81. The fraction of sp³-hybridized carbons (Fsp3) is 0.462. The Hall–Kier alpha value is -1.13. The molecule has 0 fully saturated rings. The summed E-state index contributed by atoms with van der Waals surface area (Å²) in [5, 5.41) is 4.49. The minimum Gasteiger partial charge on any atom is -0.469 e. The molecule has 0 bridgehead atoms. The zero-order valence-electron chi connectivity index (χ0n) is 10.7. The minimum atomic E-state index is 0.135. The molecule has 4 heteroatoms. The second-order valence-corrected chi connectivity index (χ2v) is 6.24. The van der Waals surface area contributed by atoms with E-state index in [9.17, 15) is 0 Å². The van der Waals surface area contributed by atoms with Crippen molar-refractivity contribution < 1.29 is 4.42 Å². The Morgan fingerprint density at radius 2 is 2.18 bits per heavy atom. The van der Waals surface area contributed by atoms with E-state index in [1.165, 1.54) is 4.88 Å². The molecule has 2 aromatic rings. The molecule has 2 rings (SSSR count). The number of furan rings is 1. The van der Waals surface area contributed by atoms with E-state index < -0.39 is 0 Å². The van der Waals surface area contributed by atoms with Crippen molar-refractivity contribution in [1.82, 2.24) is 10.3 Å². The predicted molar refractivity (Wildman–Crippen MR) is 71.1 cm³/mol. The molecule has 3 nitrogen and oxygen atoms in total. The molecule has 0 aliphatic carbocycles. The fourth-order valence-electron chi connectivity index (χ4n) is 1.47. The van der Waals surface area contributed by atoms with Gasteiger partial charge in [-0.15, -0.1) is 11.3 Å². The summed E-state index contributed by atoms with van der Waals surface area (Å²) < 4.78 is 5.29. The Balaban J connectivity index is 2.09. The van der Waals surface area contributed by atoms with Crippen molar-refractivity contribution in [2.24, 2.45) is 0 Å². The number of nitrogens with zero attached hydrogens (tertiary/aromatic N) is 1. The topological polar surface area (TPSA) is 38.1 Å². The number of aromatic nitrogens is 1. The predicted octanol–water partition coefficient (Wildman–Crippen LogP) is 3.60. The summed E-state index contributed by atoms with van der Waals surface area (Å²) >= 11 is 1.71. The summed E-state index contributed by atoms with van der Waals surface area (Å²) in [6.45, 7) is 9.31. The van der Waals surface area contributed by atoms with E-state index in [1.807, 2.05) is 19.2 Å². The number of nitrogens with one attached hydrogen (secondary N) is 1. The van der Waals surface area contributed by atoms with Gasteiger partial charge in [-0.05, 0) is 33.8 Å². The monoisotopic (exact) mass is 250 g/mol. The summed E-state index contributed by atoms with van der Waals surface area (Å²) in [6, 6.07) is 1.97. The summed E-state index contributed by atoms with van der Waals surface area (Å²) in [5.41, 5.74) is 1.23. The minimum absolute atomic E-state index is 0.135. The van der Waals surface area contributed by atoms with E-state index >= 15 is 0 Å². The number of aryl methyl sites for hydroxylation is 1. The van der Waals surface area contributed by atoms with E-state index in [4.69, 9.17) is 4.42 Å². The third kappa shape index (κ3) is 3.17. The number of hydrogen-bond acceptors (Lipinski definition) is 4. The maximum absolute atomic E-state index is 5.29. The van der Waals surface area contributed by atoms with Crippen LogP contribution in [-0.4, -0.2) is 10.5 Å². The van der Waals surface area contributed by atoms with Gasteiger partial charge in [0.05, 0.1) is 11.8 Å². The van der Waals surface area contributed by atoms with E-state index in [-0.39, 0.29) is 5.54 Å². The highest BCUT2D eigenvalue weighted by Crippen LogP contribution is 2.28. The van der Waals surface area contributed by atoms with Crippen LogP contribution in [0.1, 0.15) is 31.4 Å². The molecule has 0 saturated carbocycles. The SMILES string of the molecule is Cc1occc1-c1ncc(CNC(C)(C)C)s1. The van der Waals surface area contributed by atoms with Gasteiger partial charge in [0.2, 0.25) is 0 Å². The molecule has 2 aromatic heterocycles. The molecule has 2 heterocycles. The molecule has 17 heavy (non-hydrogen) atoms. The molecular formula is C13H18N2OS. The van der Waals surface area contributed by atoms with Crippen molar-refractivity contribution in [1.29, 1.82) is 0 Å². The Kier molecular flexibility index (Phi) is 3.35. The summed E-state index contributed by atoms with van der Waals surface area (Å²) in [4.78, 5) is 5.68. The van der Waals surface area contributed by atoms with Crippen LogP contribution in [0.15, 0.2) is 22.9 Å². The van der Waals surface area contributed by atoms with Gasteiger partial charge in [0.1, 0.15) is 10.8 Å². The van der Waals surface area contributed by atoms with Crippen LogP contribution >= 0.6 is 11.3 Å². The molecule has 1 N–H and O–H groups in total. The van der Waals surface area contributed by atoms with Crippen LogP contribution in [0.25, 0.3) is 10.6 Å². The van der Waals surface area contributed by atoms with Crippen LogP contribution in [0.5, 0.6) is 0 Å². The first-order valence-corrected chi connectivity index (χ1v) is 6.51. The molecule has 92 valence electrons. The zero-order valence-corrected chi connectivity index (χ0v) is 11.5. The summed E-state index contributed by atoms with van der Waals surface area (Å²) in [7, 11) is 0. The second kappa shape index (κ2) is 4.63. The van der Waals surface area contributed by atoms with Gasteiger partial charge in [0, 0.05) is 23.2 Å². The van der Waals surface area contributed by atoms with Crippen molar-refractivity contribution in [3.63, 3.8) is 0 Å². The van der Waals surface area contributed by atoms with Gasteiger partial charge in [-0.1, -0.05) is 0 Å². The molecule has 0 aromatic carbocycles. The number of hydrogen-bond donors (Lipinski definition) is 1. The normalized spacial score (nSPS) is 12.0. The number of rotatable bonds is 3. The fourth-order valence-corrected chi connectivity index (χ4v) is 2.40. The molecule has 0 spiro atoms. The molecular weight excluding hydrogens is 232 g/mol. The van der Waals surface area contributed by atoms with Crippen LogP contribution in [0, 0.1) is 6.92 Å². The van der Waals surface area contributed by atoms with E-state index in [2.05, 4.69) is 31.1 Å². The zero-order chi connectivity index (χ0) is 12.5. The molecule has 0 atom stereocenters. The van der Waals surface area contributed by atoms with Gasteiger partial charge < -0.3 is 9.73 Å². The van der Waals surface area contributed by atoms with Gasteiger partial charge in [0.25, 0.3) is 0 Å². The first-order valence-electron chi connectivity index (χ1n) is 5.70. The Morgan fingerprint density at radius 1 is 1.41 bits per heavy atom. The van der Waals surface area contributed by atoms with Crippen LogP contribution in [0.2, 0.25) is 0 Å². The van der Waals surface area contributed by atoms with Crippen molar-refractivity contribution in [2.45, 2.75) is 39.8 Å². The third-order valence-corrected chi connectivity index (χ3v) is 3.47. The molecule has 0 aliphatic heterocycles. The van der Waals surface area contributed by atoms with Gasteiger partial charge in [-0.2, -0.15) is 0 Å². The van der Waals surface area contributed by atoms with Crippen LogP contribution in [-0.2, 0) is 6.54 Å². The number of thiazole rings is 1. The highest BCUT2D eigenvalue weighted by molar-refractivity contribution is 7.15. The highest BCUT2D eigenvalue weighted by Gasteiger charge is 2.12. The van der Waals surface area contributed by atoms with Crippen LogP contribution < -0.4 is 5.32 Å². The molecule has 0 amide bonds. The van der Waals surface area contributed by atoms with E-state index in [0.29, 0.717) is 0 Å². The average molecular weight is 250 g/mol. The quantitative estimate of drug-likeness (QED) is 0.904. The first kappa shape index (κ1) is 12.3. The summed E-state index contributed by atoms with van der Waals surface area (Å²) in [5.74, 6) is 0.926. The molecule has 0 radical (unpaired) electrons.